The summed E-state index contributed by atoms with van der Waals surface area (Å²) in [5, 5.41) is 0. The van der Waals surface area contributed by atoms with Crippen molar-refractivity contribution in [2.24, 2.45) is 5.92 Å². The molecule has 92 valence electrons. The zero-order valence-corrected chi connectivity index (χ0v) is 10.4. The molecule has 4 nitrogen and oxygen atoms in total. The van der Waals surface area contributed by atoms with E-state index in [1.165, 1.54) is 7.11 Å². The average Bonchev–Trinajstić information content (AvgIpc) is 2.35. The second kappa shape index (κ2) is 5.87. The molecule has 0 aromatic heterocycles. The van der Waals surface area contributed by atoms with Crippen LogP contribution in [0, 0.1) is 5.92 Å². The number of methoxy groups -OCH3 is 1. The maximum Gasteiger partial charge on any atom is 0.328 e. The van der Waals surface area contributed by atoms with Crippen LogP contribution in [0.4, 0.5) is 0 Å². The number of carbonyl (C=O) groups is 2. The lowest BCUT2D eigenvalue weighted by Crippen LogP contribution is -2.50. The second-order valence-corrected chi connectivity index (χ2v) is 4.38. The summed E-state index contributed by atoms with van der Waals surface area (Å²) in [4.78, 5) is 25.4. The smallest absolute Gasteiger partial charge is 0.328 e. The molecule has 0 spiro atoms. The van der Waals surface area contributed by atoms with E-state index < -0.39 is 0 Å². The van der Waals surface area contributed by atoms with E-state index in [-0.39, 0.29) is 23.8 Å². The van der Waals surface area contributed by atoms with Gasteiger partial charge in [-0.2, -0.15) is 0 Å². The van der Waals surface area contributed by atoms with Gasteiger partial charge in [0.15, 0.2) is 0 Å². The summed E-state index contributed by atoms with van der Waals surface area (Å²) in [6.45, 7) is 4.58. The van der Waals surface area contributed by atoms with Crippen LogP contribution in [0.2, 0.25) is 0 Å². The number of likely N-dealkylation sites (tertiary alicyclic amines) is 1. The Hall–Kier alpha value is -1.06. The number of carbonyl (C=O) groups excluding carboxylic acids is 2. The van der Waals surface area contributed by atoms with Gasteiger partial charge in [0, 0.05) is 12.5 Å². The summed E-state index contributed by atoms with van der Waals surface area (Å²) in [6.07, 6.45) is 3.51. The third-order valence-corrected chi connectivity index (χ3v) is 3.29. The predicted molar refractivity (Wildman–Crippen MR) is 60.8 cm³/mol. The van der Waals surface area contributed by atoms with Gasteiger partial charge >= 0.3 is 5.97 Å². The van der Waals surface area contributed by atoms with Crippen LogP contribution in [0.5, 0.6) is 0 Å². The number of esters is 1. The van der Waals surface area contributed by atoms with Crippen molar-refractivity contribution in [2.45, 2.75) is 45.6 Å². The molecule has 1 saturated heterocycles. The van der Waals surface area contributed by atoms with Crippen LogP contribution in [0.3, 0.4) is 0 Å². The fourth-order valence-electron chi connectivity index (χ4n) is 2.03. The molecule has 0 saturated carbocycles. The summed E-state index contributed by atoms with van der Waals surface area (Å²) in [7, 11) is 1.38. The van der Waals surface area contributed by atoms with E-state index in [4.69, 9.17) is 4.74 Å². The Balaban J connectivity index is 2.73. The Morgan fingerprint density at radius 3 is 2.69 bits per heavy atom. The van der Waals surface area contributed by atoms with Gasteiger partial charge in [-0.1, -0.05) is 13.8 Å². The number of rotatable bonds is 3. The van der Waals surface area contributed by atoms with Crippen LogP contribution in [-0.2, 0) is 14.3 Å². The van der Waals surface area contributed by atoms with Gasteiger partial charge in [-0.05, 0) is 25.7 Å². The first-order chi connectivity index (χ1) is 7.61. The van der Waals surface area contributed by atoms with Crippen molar-refractivity contribution in [3.05, 3.63) is 0 Å². The highest BCUT2D eigenvalue weighted by atomic mass is 16.5. The first-order valence-electron chi connectivity index (χ1n) is 6.00. The van der Waals surface area contributed by atoms with Gasteiger partial charge in [-0.25, -0.2) is 4.79 Å². The molecule has 2 unspecified atom stereocenters. The molecular formula is C12H21NO3. The summed E-state index contributed by atoms with van der Waals surface area (Å²) >= 11 is 0. The van der Waals surface area contributed by atoms with Crippen molar-refractivity contribution < 1.29 is 14.3 Å². The zero-order valence-electron chi connectivity index (χ0n) is 10.4. The van der Waals surface area contributed by atoms with Gasteiger partial charge in [-0.3, -0.25) is 4.79 Å². The highest BCUT2D eigenvalue weighted by Crippen LogP contribution is 2.21. The average molecular weight is 227 g/mol. The standard InChI is InChI=1S/C12H21NO3/c1-4-9(2)11(14)13-8-6-5-7-10(13)12(15)16-3/h9-10H,4-8H2,1-3H3. The molecule has 0 aromatic rings. The first-order valence-corrected chi connectivity index (χ1v) is 6.00. The van der Waals surface area contributed by atoms with Crippen molar-refractivity contribution in [1.82, 2.24) is 4.90 Å². The topological polar surface area (TPSA) is 46.6 Å². The van der Waals surface area contributed by atoms with Crippen LogP contribution in [0.1, 0.15) is 39.5 Å². The minimum atomic E-state index is -0.361. The first kappa shape index (κ1) is 13.0. The highest BCUT2D eigenvalue weighted by Gasteiger charge is 2.34. The third kappa shape index (κ3) is 2.74. The van der Waals surface area contributed by atoms with Crippen molar-refractivity contribution in [3.8, 4) is 0 Å². The van der Waals surface area contributed by atoms with Gasteiger partial charge in [0.1, 0.15) is 6.04 Å². The van der Waals surface area contributed by atoms with Crippen molar-refractivity contribution in [1.29, 1.82) is 0 Å². The molecule has 0 radical (unpaired) electrons. The van der Waals surface area contributed by atoms with E-state index in [9.17, 15) is 9.59 Å². The Morgan fingerprint density at radius 1 is 1.44 bits per heavy atom. The molecule has 2 atom stereocenters. The number of nitrogens with zero attached hydrogens (tertiary/aromatic N) is 1. The van der Waals surface area contributed by atoms with Crippen molar-refractivity contribution >= 4 is 11.9 Å². The number of amides is 1. The Kier molecular flexibility index (Phi) is 4.77. The molecule has 1 aliphatic heterocycles. The van der Waals surface area contributed by atoms with Crippen LogP contribution < -0.4 is 0 Å². The minimum Gasteiger partial charge on any atom is -0.467 e. The van der Waals surface area contributed by atoms with Gasteiger partial charge in [0.2, 0.25) is 5.91 Å². The Bertz CT molecular complexity index is 265. The second-order valence-electron chi connectivity index (χ2n) is 4.38. The van der Waals surface area contributed by atoms with E-state index >= 15 is 0 Å². The highest BCUT2D eigenvalue weighted by molar-refractivity contribution is 5.85. The van der Waals surface area contributed by atoms with Crippen molar-refractivity contribution in [3.63, 3.8) is 0 Å². The predicted octanol–water partition coefficient (Wildman–Crippen LogP) is 1.59. The van der Waals surface area contributed by atoms with Gasteiger partial charge in [-0.15, -0.1) is 0 Å². The van der Waals surface area contributed by atoms with Crippen molar-refractivity contribution in [2.75, 3.05) is 13.7 Å². The molecule has 1 aliphatic rings. The molecule has 0 aromatic carbocycles. The molecule has 0 aliphatic carbocycles. The molecule has 1 fully saturated rings. The molecule has 1 heterocycles. The minimum absolute atomic E-state index is 0.00902. The summed E-state index contributed by atoms with van der Waals surface area (Å²) in [5.41, 5.74) is 0. The maximum atomic E-state index is 12.1. The van der Waals surface area contributed by atoms with E-state index in [2.05, 4.69) is 0 Å². The van der Waals surface area contributed by atoms with E-state index in [1.54, 1.807) is 4.90 Å². The third-order valence-electron chi connectivity index (χ3n) is 3.29. The van der Waals surface area contributed by atoms with E-state index in [0.717, 1.165) is 25.7 Å². The maximum absolute atomic E-state index is 12.1. The Labute approximate surface area is 96.9 Å². The molecular weight excluding hydrogens is 206 g/mol. The summed E-state index contributed by atoms with van der Waals surface area (Å²) in [6, 6.07) is -0.361. The van der Waals surface area contributed by atoms with Crippen LogP contribution in [0.25, 0.3) is 0 Å². The molecule has 0 N–H and O–H groups in total. The van der Waals surface area contributed by atoms with E-state index in [1.807, 2.05) is 13.8 Å². The zero-order chi connectivity index (χ0) is 12.1. The monoisotopic (exact) mass is 227 g/mol. The fourth-order valence-corrected chi connectivity index (χ4v) is 2.03. The fraction of sp³-hybridized carbons (Fsp3) is 0.833. The summed E-state index contributed by atoms with van der Waals surface area (Å²) in [5.74, 6) is -0.209. The molecule has 1 amide bonds. The Morgan fingerprint density at radius 2 is 2.12 bits per heavy atom. The van der Waals surface area contributed by atoms with Crippen LogP contribution in [0.15, 0.2) is 0 Å². The molecule has 4 heteroatoms. The summed E-state index contributed by atoms with van der Waals surface area (Å²) < 4.78 is 4.75. The lowest BCUT2D eigenvalue weighted by molar-refractivity contribution is -0.156. The van der Waals surface area contributed by atoms with E-state index in [0.29, 0.717) is 6.54 Å². The van der Waals surface area contributed by atoms with Crippen LogP contribution in [-0.4, -0.2) is 36.5 Å². The van der Waals surface area contributed by atoms with Crippen LogP contribution >= 0.6 is 0 Å². The number of ether oxygens (including phenoxy) is 1. The number of piperidine rings is 1. The number of hydrogen-bond acceptors (Lipinski definition) is 3. The van der Waals surface area contributed by atoms with Gasteiger partial charge in [0.05, 0.1) is 7.11 Å². The lowest BCUT2D eigenvalue weighted by Gasteiger charge is -2.35. The normalized spacial score (nSPS) is 22.7. The quantitative estimate of drug-likeness (QED) is 0.688. The number of hydrogen-bond donors (Lipinski definition) is 0. The van der Waals surface area contributed by atoms with Gasteiger partial charge in [0.25, 0.3) is 0 Å². The molecule has 0 bridgehead atoms. The lowest BCUT2D eigenvalue weighted by atomic mass is 9.99. The molecule has 1 rings (SSSR count). The molecule has 16 heavy (non-hydrogen) atoms. The van der Waals surface area contributed by atoms with Gasteiger partial charge < -0.3 is 9.64 Å². The SMILES string of the molecule is CCC(C)C(=O)N1CCCCC1C(=O)OC. The largest absolute Gasteiger partial charge is 0.467 e.